The number of rotatable bonds is 3. The molecule has 2 rings (SSSR count). The van der Waals surface area contributed by atoms with Crippen molar-refractivity contribution in [1.29, 1.82) is 0 Å². The number of halogens is 1. The van der Waals surface area contributed by atoms with Crippen LogP contribution in [0.4, 0.5) is 0 Å². The van der Waals surface area contributed by atoms with Crippen LogP contribution >= 0.6 is 23.4 Å². The highest BCUT2D eigenvalue weighted by atomic mass is 35.5. The zero-order valence-corrected chi connectivity index (χ0v) is 10.8. The van der Waals surface area contributed by atoms with Gasteiger partial charge in [0.25, 0.3) is 0 Å². The van der Waals surface area contributed by atoms with Crippen LogP contribution in [-0.2, 0) is 6.54 Å². The molecular formula is C12H13ClN2S. The van der Waals surface area contributed by atoms with Gasteiger partial charge >= 0.3 is 0 Å². The van der Waals surface area contributed by atoms with E-state index in [1.807, 2.05) is 25.4 Å². The Labute approximate surface area is 105 Å². The van der Waals surface area contributed by atoms with E-state index in [4.69, 9.17) is 11.6 Å². The van der Waals surface area contributed by atoms with E-state index in [2.05, 4.69) is 21.7 Å². The first kappa shape index (κ1) is 11.6. The molecule has 2 aromatic rings. The zero-order chi connectivity index (χ0) is 11.5. The fourth-order valence-corrected chi connectivity index (χ4v) is 2.28. The Morgan fingerprint density at radius 2 is 2.25 bits per heavy atom. The molecule has 2 nitrogen and oxygen atoms in total. The predicted molar refractivity (Wildman–Crippen MR) is 69.3 cm³/mol. The van der Waals surface area contributed by atoms with E-state index in [0.29, 0.717) is 0 Å². The fourth-order valence-electron chi connectivity index (χ4n) is 1.54. The molecule has 1 aromatic carbocycles. The summed E-state index contributed by atoms with van der Waals surface area (Å²) in [5.74, 6) is 1.00. The van der Waals surface area contributed by atoms with E-state index in [-0.39, 0.29) is 0 Å². The van der Waals surface area contributed by atoms with Crippen LogP contribution in [0.5, 0.6) is 0 Å². The molecule has 0 aliphatic heterocycles. The first-order valence-electron chi connectivity index (χ1n) is 5.01. The number of thioether (sulfide) groups is 1. The highest BCUT2D eigenvalue weighted by molar-refractivity contribution is 7.98. The minimum absolute atomic E-state index is 0.777. The lowest BCUT2D eigenvalue weighted by Crippen LogP contribution is -2.01. The maximum absolute atomic E-state index is 6.23. The van der Waals surface area contributed by atoms with Gasteiger partial charge in [0.15, 0.2) is 0 Å². The quantitative estimate of drug-likeness (QED) is 0.777. The number of imidazole rings is 1. The smallest absolute Gasteiger partial charge is 0.105 e. The molecule has 0 bridgehead atoms. The number of benzene rings is 1. The average molecular weight is 253 g/mol. The molecule has 0 saturated heterocycles. The normalized spacial score (nSPS) is 10.7. The molecule has 0 fully saturated rings. The van der Waals surface area contributed by atoms with Crippen LogP contribution in [0.2, 0.25) is 5.02 Å². The lowest BCUT2D eigenvalue weighted by atomic mass is 10.2. The van der Waals surface area contributed by atoms with E-state index >= 15 is 0 Å². The monoisotopic (exact) mass is 252 g/mol. The van der Waals surface area contributed by atoms with Crippen LogP contribution in [-0.4, -0.2) is 15.8 Å². The van der Waals surface area contributed by atoms with Crippen LogP contribution < -0.4 is 0 Å². The molecule has 1 aromatic heterocycles. The zero-order valence-electron chi connectivity index (χ0n) is 9.27. The molecule has 0 spiro atoms. The molecule has 0 unspecified atom stereocenters. The molecule has 0 saturated carbocycles. The molecule has 4 heteroatoms. The van der Waals surface area contributed by atoms with Crippen LogP contribution in [0.15, 0.2) is 35.5 Å². The number of nitrogens with zero attached hydrogens (tertiary/aromatic N) is 2. The summed E-state index contributed by atoms with van der Waals surface area (Å²) in [7, 11) is 0. The third-order valence-electron chi connectivity index (χ3n) is 2.52. The van der Waals surface area contributed by atoms with Gasteiger partial charge in [0.05, 0.1) is 6.54 Å². The first-order valence-corrected chi connectivity index (χ1v) is 6.61. The van der Waals surface area contributed by atoms with E-state index in [1.165, 1.54) is 4.90 Å². The average Bonchev–Trinajstić information content (AvgIpc) is 2.67. The second kappa shape index (κ2) is 4.93. The van der Waals surface area contributed by atoms with Crippen LogP contribution in [0.25, 0.3) is 0 Å². The third-order valence-corrected chi connectivity index (χ3v) is 3.60. The molecule has 0 amide bonds. The summed E-state index contributed by atoms with van der Waals surface area (Å²) >= 11 is 7.93. The summed E-state index contributed by atoms with van der Waals surface area (Å²) in [6.45, 7) is 2.77. The van der Waals surface area contributed by atoms with Gasteiger partial charge in [0.2, 0.25) is 0 Å². The molecule has 0 atom stereocenters. The van der Waals surface area contributed by atoms with E-state index in [0.717, 1.165) is 23.0 Å². The lowest BCUT2D eigenvalue weighted by molar-refractivity contribution is 0.761. The number of aryl methyl sites for hydroxylation is 1. The van der Waals surface area contributed by atoms with Crippen molar-refractivity contribution < 1.29 is 0 Å². The van der Waals surface area contributed by atoms with E-state index in [1.54, 1.807) is 18.0 Å². The summed E-state index contributed by atoms with van der Waals surface area (Å²) < 4.78 is 2.08. The number of hydrogen-bond donors (Lipinski definition) is 0. The highest BCUT2D eigenvalue weighted by Gasteiger charge is 2.04. The van der Waals surface area contributed by atoms with Crippen LogP contribution in [0.1, 0.15) is 11.4 Å². The van der Waals surface area contributed by atoms with Crippen molar-refractivity contribution in [1.82, 2.24) is 9.55 Å². The van der Waals surface area contributed by atoms with Crippen molar-refractivity contribution in [3.8, 4) is 0 Å². The minimum atomic E-state index is 0.777. The van der Waals surface area contributed by atoms with Crippen molar-refractivity contribution in [2.24, 2.45) is 0 Å². The van der Waals surface area contributed by atoms with Crippen LogP contribution in [0.3, 0.4) is 0 Å². The molecular weight excluding hydrogens is 240 g/mol. The molecule has 16 heavy (non-hydrogen) atoms. The standard InChI is InChI=1S/C12H13ClN2S/c1-9-14-5-6-15(9)8-10-3-4-11(16-2)7-12(10)13/h3-7H,8H2,1-2H3. The van der Waals surface area contributed by atoms with Gasteiger partial charge in [-0.15, -0.1) is 11.8 Å². The summed E-state index contributed by atoms with van der Waals surface area (Å²) in [4.78, 5) is 5.38. The lowest BCUT2D eigenvalue weighted by Gasteiger charge is -2.08. The second-order valence-corrected chi connectivity index (χ2v) is 4.85. The van der Waals surface area contributed by atoms with Crippen LogP contribution in [0, 0.1) is 6.92 Å². The van der Waals surface area contributed by atoms with E-state index < -0.39 is 0 Å². The van der Waals surface area contributed by atoms with E-state index in [9.17, 15) is 0 Å². The molecule has 0 aliphatic rings. The van der Waals surface area contributed by atoms with Crippen molar-refractivity contribution >= 4 is 23.4 Å². The SMILES string of the molecule is CSc1ccc(Cn2ccnc2C)c(Cl)c1. The van der Waals surface area contributed by atoms with Gasteiger partial charge in [-0.3, -0.25) is 0 Å². The van der Waals surface area contributed by atoms with Crippen molar-refractivity contribution in [3.05, 3.63) is 47.0 Å². The van der Waals surface area contributed by atoms with Gasteiger partial charge in [0.1, 0.15) is 5.82 Å². The van der Waals surface area contributed by atoms with Crippen molar-refractivity contribution in [2.45, 2.75) is 18.4 Å². The fraction of sp³-hybridized carbons (Fsp3) is 0.250. The van der Waals surface area contributed by atoms with Crippen molar-refractivity contribution in [3.63, 3.8) is 0 Å². The Balaban J connectivity index is 2.25. The molecule has 0 radical (unpaired) electrons. The van der Waals surface area contributed by atoms with Gasteiger partial charge in [-0.25, -0.2) is 4.98 Å². The maximum atomic E-state index is 6.23. The molecule has 84 valence electrons. The van der Waals surface area contributed by atoms with Crippen molar-refractivity contribution in [2.75, 3.05) is 6.26 Å². The van der Waals surface area contributed by atoms with Gasteiger partial charge < -0.3 is 4.57 Å². The summed E-state index contributed by atoms with van der Waals surface area (Å²) in [6, 6.07) is 6.18. The topological polar surface area (TPSA) is 17.8 Å². The maximum Gasteiger partial charge on any atom is 0.105 e. The second-order valence-electron chi connectivity index (χ2n) is 3.56. The number of hydrogen-bond acceptors (Lipinski definition) is 2. The summed E-state index contributed by atoms with van der Waals surface area (Å²) in [5, 5.41) is 0.819. The van der Waals surface area contributed by atoms with Gasteiger partial charge in [-0.05, 0) is 30.9 Å². The Bertz CT molecular complexity index is 494. The van der Waals surface area contributed by atoms with Gasteiger partial charge in [-0.2, -0.15) is 0 Å². The summed E-state index contributed by atoms with van der Waals surface area (Å²) in [6.07, 6.45) is 5.82. The molecule has 0 aliphatic carbocycles. The largest absolute Gasteiger partial charge is 0.331 e. The first-order chi connectivity index (χ1) is 7.70. The van der Waals surface area contributed by atoms with Gasteiger partial charge in [0, 0.05) is 22.3 Å². The Morgan fingerprint density at radius 1 is 1.44 bits per heavy atom. The predicted octanol–water partition coefficient (Wildman–Crippen LogP) is 3.62. The highest BCUT2D eigenvalue weighted by Crippen LogP contribution is 2.24. The minimum Gasteiger partial charge on any atom is -0.331 e. The molecule has 1 heterocycles. The number of aromatic nitrogens is 2. The Kier molecular flexibility index (Phi) is 3.56. The Morgan fingerprint density at radius 3 is 2.81 bits per heavy atom. The van der Waals surface area contributed by atoms with Gasteiger partial charge in [-0.1, -0.05) is 17.7 Å². The summed E-state index contributed by atoms with van der Waals surface area (Å²) in [5.41, 5.74) is 1.13. The third kappa shape index (κ3) is 2.42. The Hall–Kier alpha value is -0.930. The molecule has 0 N–H and O–H groups in total.